The first kappa shape index (κ1) is 18.6. The summed E-state index contributed by atoms with van der Waals surface area (Å²) in [7, 11) is 0. The Balaban J connectivity index is 1.86. The van der Waals surface area contributed by atoms with Gasteiger partial charge in [0.05, 0.1) is 18.8 Å². The molecule has 1 amide bonds. The highest BCUT2D eigenvalue weighted by Crippen LogP contribution is 2.29. The fourth-order valence-corrected chi connectivity index (χ4v) is 3.80. The molecule has 26 heavy (non-hydrogen) atoms. The Morgan fingerprint density at radius 2 is 2.23 bits per heavy atom. The number of amides is 1. The fourth-order valence-electron chi connectivity index (χ4n) is 3.80. The maximum atomic E-state index is 13.2. The van der Waals surface area contributed by atoms with Crippen LogP contribution in [0.25, 0.3) is 0 Å². The number of aliphatic imine (C=N–C) groups is 2. The Labute approximate surface area is 155 Å². The number of rotatable bonds is 7. The molecule has 1 aromatic heterocycles. The lowest BCUT2D eigenvalue weighted by Gasteiger charge is -2.36. The van der Waals surface area contributed by atoms with Crippen LogP contribution in [0.5, 0.6) is 0 Å². The zero-order chi connectivity index (χ0) is 18.7. The summed E-state index contributed by atoms with van der Waals surface area (Å²) in [5.74, 6) is 2.46. The Kier molecular flexibility index (Phi) is 5.74. The van der Waals surface area contributed by atoms with Crippen LogP contribution in [0.3, 0.4) is 0 Å². The van der Waals surface area contributed by atoms with Crippen molar-refractivity contribution >= 4 is 17.5 Å². The Hall–Kier alpha value is -2.17. The minimum absolute atomic E-state index is 0.0118. The number of amidine groups is 1. The van der Waals surface area contributed by atoms with E-state index in [1.54, 1.807) is 6.26 Å². The van der Waals surface area contributed by atoms with E-state index < -0.39 is 0 Å². The van der Waals surface area contributed by atoms with Gasteiger partial charge in [-0.25, -0.2) is 0 Å². The molecular weight excluding hydrogens is 326 g/mol. The van der Waals surface area contributed by atoms with E-state index >= 15 is 0 Å². The molecule has 140 valence electrons. The van der Waals surface area contributed by atoms with E-state index in [4.69, 9.17) is 14.4 Å². The van der Waals surface area contributed by atoms with Crippen molar-refractivity contribution in [3.05, 3.63) is 36.3 Å². The Bertz CT molecular complexity index is 718. The van der Waals surface area contributed by atoms with Crippen LogP contribution in [0.1, 0.15) is 46.3 Å². The zero-order valence-corrected chi connectivity index (χ0v) is 16.2. The minimum atomic E-state index is -0.387. The largest absolute Gasteiger partial charge is 0.469 e. The van der Waals surface area contributed by atoms with Crippen LogP contribution in [-0.4, -0.2) is 41.0 Å². The number of carbonyl (C=O) groups excluding carboxylic acids is 1. The van der Waals surface area contributed by atoms with Gasteiger partial charge < -0.3 is 4.42 Å². The highest BCUT2D eigenvalue weighted by molar-refractivity contribution is 6.13. The van der Waals surface area contributed by atoms with Crippen molar-refractivity contribution < 1.29 is 9.21 Å². The summed E-state index contributed by atoms with van der Waals surface area (Å²) in [4.78, 5) is 24.6. The third kappa shape index (κ3) is 3.67. The fraction of sp³-hybridized carbons (Fsp3) is 0.571. The number of fused-ring (bicyclic) bond motifs is 1. The molecule has 4 unspecified atom stereocenters. The molecule has 0 spiro atoms. The van der Waals surface area contributed by atoms with Gasteiger partial charge in [0.1, 0.15) is 17.6 Å². The summed E-state index contributed by atoms with van der Waals surface area (Å²) in [6, 6.07) is 3.37. The molecule has 0 saturated heterocycles. The third-order valence-corrected chi connectivity index (χ3v) is 5.41. The maximum Gasteiger partial charge on any atom is 0.253 e. The van der Waals surface area contributed by atoms with Crippen molar-refractivity contribution in [2.24, 2.45) is 21.8 Å². The molecule has 1 aromatic rings. The average Bonchev–Trinajstić information content (AvgIpc) is 3.24. The number of hydrogen-bond donors (Lipinski definition) is 0. The number of allylic oxidation sites excluding steroid dienone is 2. The topological polar surface area (TPSA) is 58.2 Å². The molecule has 3 heterocycles. The maximum absolute atomic E-state index is 13.2. The Morgan fingerprint density at radius 3 is 2.88 bits per heavy atom. The van der Waals surface area contributed by atoms with Gasteiger partial charge in [0.15, 0.2) is 0 Å². The van der Waals surface area contributed by atoms with E-state index in [2.05, 4.69) is 32.9 Å². The standard InChI is InChI=1S/C21H29N3O2/c1-5-8-15(4)20-18(11-14(3)6-2)24-19(13-22-20)23-17(21(24)25)12-16-9-7-10-26-16/h5,7-10,14-15,17-18H,6,11-13H2,1-4H3. The van der Waals surface area contributed by atoms with Crippen molar-refractivity contribution in [1.82, 2.24) is 4.90 Å². The van der Waals surface area contributed by atoms with Gasteiger partial charge in [0, 0.05) is 18.1 Å². The molecule has 0 saturated carbocycles. The lowest BCUT2D eigenvalue weighted by molar-refractivity contribution is -0.128. The summed E-state index contributed by atoms with van der Waals surface area (Å²) in [6.45, 7) is 9.11. The average molecular weight is 355 g/mol. The van der Waals surface area contributed by atoms with Crippen molar-refractivity contribution in [1.29, 1.82) is 0 Å². The molecule has 0 aromatic carbocycles. The molecule has 0 aliphatic carbocycles. The van der Waals surface area contributed by atoms with Crippen molar-refractivity contribution in [3.8, 4) is 0 Å². The van der Waals surface area contributed by atoms with Crippen molar-refractivity contribution in [2.45, 2.75) is 59.0 Å². The summed E-state index contributed by atoms with van der Waals surface area (Å²) >= 11 is 0. The van der Waals surface area contributed by atoms with Gasteiger partial charge in [-0.05, 0) is 31.4 Å². The lowest BCUT2D eigenvalue weighted by atomic mass is 9.88. The van der Waals surface area contributed by atoms with E-state index in [0.29, 0.717) is 18.9 Å². The summed E-state index contributed by atoms with van der Waals surface area (Å²) in [5.41, 5.74) is 1.11. The van der Waals surface area contributed by atoms with Crippen LogP contribution in [0.2, 0.25) is 0 Å². The minimum Gasteiger partial charge on any atom is -0.469 e. The quantitative estimate of drug-likeness (QED) is 0.697. The molecule has 5 heteroatoms. The number of furan rings is 1. The van der Waals surface area contributed by atoms with Gasteiger partial charge in [-0.3, -0.25) is 19.7 Å². The van der Waals surface area contributed by atoms with Crippen LogP contribution >= 0.6 is 0 Å². The first-order valence-corrected chi connectivity index (χ1v) is 9.64. The second kappa shape index (κ2) is 8.02. The number of hydrogen-bond acceptors (Lipinski definition) is 4. The molecular formula is C21H29N3O2. The zero-order valence-electron chi connectivity index (χ0n) is 16.2. The van der Waals surface area contributed by atoms with E-state index in [9.17, 15) is 4.79 Å². The van der Waals surface area contributed by atoms with Gasteiger partial charge in [-0.1, -0.05) is 39.3 Å². The van der Waals surface area contributed by atoms with Gasteiger partial charge in [0.25, 0.3) is 5.91 Å². The first-order valence-electron chi connectivity index (χ1n) is 9.64. The molecule has 0 radical (unpaired) electrons. The predicted octanol–water partition coefficient (Wildman–Crippen LogP) is 3.90. The van der Waals surface area contributed by atoms with E-state index in [-0.39, 0.29) is 23.9 Å². The summed E-state index contributed by atoms with van der Waals surface area (Å²) in [6.07, 6.45) is 8.39. The van der Waals surface area contributed by atoms with Crippen molar-refractivity contribution in [2.75, 3.05) is 6.54 Å². The molecule has 2 aliphatic rings. The molecule has 0 N–H and O–H groups in total. The third-order valence-electron chi connectivity index (χ3n) is 5.41. The van der Waals surface area contributed by atoms with Crippen molar-refractivity contribution in [3.63, 3.8) is 0 Å². The summed E-state index contributed by atoms with van der Waals surface area (Å²) in [5, 5.41) is 0. The molecule has 3 rings (SSSR count). The lowest BCUT2D eigenvalue weighted by Crippen LogP contribution is -2.53. The second-order valence-corrected chi connectivity index (χ2v) is 7.37. The SMILES string of the molecule is CC=CC(C)C1=NCC2=NC(Cc3ccco3)C(=O)N2C1CC(C)CC. The van der Waals surface area contributed by atoms with Crippen LogP contribution < -0.4 is 0 Å². The monoisotopic (exact) mass is 355 g/mol. The smallest absolute Gasteiger partial charge is 0.253 e. The van der Waals surface area contributed by atoms with Gasteiger partial charge in [0.2, 0.25) is 0 Å². The summed E-state index contributed by atoms with van der Waals surface area (Å²) < 4.78 is 5.42. The molecule has 5 nitrogen and oxygen atoms in total. The highest BCUT2D eigenvalue weighted by Gasteiger charge is 2.43. The predicted molar refractivity (Wildman–Crippen MR) is 105 cm³/mol. The van der Waals surface area contributed by atoms with Gasteiger partial charge in [-0.15, -0.1) is 0 Å². The number of nitrogens with zero attached hydrogens (tertiary/aromatic N) is 3. The van der Waals surface area contributed by atoms with Gasteiger partial charge >= 0.3 is 0 Å². The second-order valence-electron chi connectivity index (χ2n) is 7.37. The molecule has 2 aliphatic heterocycles. The van der Waals surface area contributed by atoms with E-state index in [1.807, 2.05) is 24.0 Å². The van der Waals surface area contributed by atoms with E-state index in [0.717, 1.165) is 30.1 Å². The van der Waals surface area contributed by atoms with Gasteiger partial charge in [-0.2, -0.15) is 0 Å². The van der Waals surface area contributed by atoms with Crippen LogP contribution in [0, 0.1) is 11.8 Å². The molecule has 4 atom stereocenters. The molecule has 0 fully saturated rings. The van der Waals surface area contributed by atoms with E-state index in [1.165, 1.54) is 0 Å². The van der Waals surface area contributed by atoms with Crippen LogP contribution in [0.4, 0.5) is 0 Å². The highest BCUT2D eigenvalue weighted by atomic mass is 16.3. The van der Waals surface area contributed by atoms with Crippen LogP contribution in [-0.2, 0) is 11.2 Å². The number of carbonyl (C=O) groups is 1. The Morgan fingerprint density at radius 1 is 1.42 bits per heavy atom. The van der Waals surface area contributed by atoms with Crippen LogP contribution in [0.15, 0.2) is 44.9 Å². The molecule has 0 bridgehead atoms. The first-order chi connectivity index (χ1) is 12.5. The normalized spacial score (nSPS) is 25.2.